The van der Waals surface area contributed by atoms with Crippen molar-refractivity contribution in [3.63, 3.8) is 0 Å². The second kappa shape index (κ2) is 5.96. The van der Waals surface area contributed by atoms with Gasteiger partial charge in [0.05, 0.1) is 10.4 Å². The molecule has 0 saturated heterocycles. The van der Waals surface area contributed by atoms with Crippen molar-refractivity contribution in [1.82, 2.24) is 4.98 Å². The number of sulfonamides is 1. The molecule has 0 aliphatic heterocycles. The van der Waals surface area contributed by atoms with Crippen LogP contribution in [-0.2, 0) is 10.0 Å². The van der Waals surface area contributed by atoms with Gasteiger partial charge in [0.1, 0.15) is 5.75 Å². The van der Waals surface area contributed by atoms with E-state index >= 15 is 0 Å². The Balaban J connectivity index is 1.85. The molecule has 0 unspecified atom stereocenters. The Morgan fingerprint density at radius 3 is 2.50 bits per heavy atom. The van der Waals surface area contributed by atoms with E-state index in [4.69, 9.17) is 4.42 Å². The fraction of sp³-hybridized carbons (Fsp3) is 0.0714. The molecule has 0 bridgehead atoms. The lowest BCUT2D eigenvalue weighted by Gasteiger charge is -2.09. The van der Waals surface area contributed by atoms with Crippen molar-refractivity contribution in [2.24, 2.45) is 0 Å². The monoisotopic (exact) mass is 356 g/mol. The normalized spacial score (nSPS) is 11.8. The molecule has 126 valence electrons. The second-order valence-electron chi connectivity index (χ2n) is 4.68. The highest BCUT2D eigenvalue weighted by Gasteiger charge is 2.16. The number of H-pyrrole nitrogens is 1. The van der Waals surface area contributed by atoms with Crippen LogP contribution in [0.1, 0.15) is 0 Å². The first-order chi connectivity index (χ1) is 11.3. The van der Waals surface area contributed by atoms with Crippen LogP contribution < -0.4 is 15.2 Å². The van der Waals surface area contributed by atoms with Gasteiger partial charge in [0.2, 0.25) is 0 Å². The van der Waals surface area contributed by atoms with Gasteiger partial charge in [0.15, 0.2) is 5.58 Å². The van der Waals surface area contributed by atoms with Crippen molar-refractivity contribution < 1.29 is 26.4 Å². The summed E-state index contributed by atoms with van der Waals surface area (Å²) in [6.45, 7) is -2.96. The molecule has 0 atom stereocenters. The molecule has 0 radical (unpaired) electrons. The standard InChI is InChI=1S/C14H10F2N2O5S/c15-13(16)22-9-3-1-8(2-4-9)18-24(20,21)10-5-6-11-12(7-10)23-14(19)17-11/h1-7,13,18H,(H,17,19). The molecule has 0 aliphatic rings. The van der Waals surface area contributed by atoms with Crippen LogP contribution in [0.4, 0.5) is 14.5 Å². The summed E-state index contributed by atoms with van der Waals surface area (Å²) in [7, 11) is -3.95. The SMILES string of the molecule is O=c1[nH]c2ccc(S(=O)(=O)Nc3ccc(OC(F)F)cc3)cc2o1. The molecule has 24 heavy (non-hydrogen) atoms. The highest BCUT2D eigenvalue weighted by molar-refractivity contribution is 7.92. The first-order valence-electron chi connectivity index (χ1n) is 6.54. The number of aromatic nitrogens is 1. The number of aromatic amines is 1. The number of hydrogen-bond donors (Lipinski definition) is 2. The number of benzene rings is 2. The molecule has 0 aliphatic carbocycles. The molecule has 0 amide bonds. The Hall–Kier alpha value is -2.88. The van der Waals surface area contributed by atoms with Gasteiger partial charge < -0.3 is 9.15 Å². The van der Waals surface area contributed by atoms with E-state index in [1.165, 1.54) is 42.5 Å². The van der Waals surface area contributed by atoms with Crippen LogP contribution in [0.15, 0.2) is 56.6 Å². The van der Waals surface area contributed by atoms with Gasteiger partial charge >= 0.3 is 12.4 Å². The highest BCUT2D eigenvalue weighted by atomic mass is 32.2. The Bertz CT molecular complexity index is 1030. The zero-order valence-corrected chi connectivity index (χ0v) is 12.6. The van der Waals surface area contributed by atoms with Gasteiger partial charge in [-0.1, -0.05) is 0 Å². The van der Waals surface area contributed by atoms with Crippen molar-refractivity contribution in [3.05, 3.63) is 53.0 Å². The van der Waals surface area contributed by atoms with Crippen LogP contribution in [0.3, 0.4) is 0 Å². The largest absolute Gasteiger partial charge is 0.435 e. The molecule has 7 nitrogen and oxygen atoms in total. The van der Waals surface area contributed by atoms with E-state index < -0.39 is 22.4 Å². The summed E-state index contributed by atoms with van der Waals surface area (Å²) < 4.78 is 60.1. The number of rotatable bonds is 5. The van der Waals surface area contributed by atoms with Gasteiger partial charge in [-0.15, -0.1) is 0 Å². The van der Waals surface area contributed by atoms with Gasteiger partial charge in [0.25, 0.3) is 10.0 Å². The first kappa shape index (κ1) is 16.0. The summed E-state index contributed by atoms with van der Waals surface area (Å²) in [5, 5.41) is 0. The van der Waals surface area contributed by atoms with Gasteiger partial charge in [-0.3, -0.25) is 9.71 Å². The average molecular weight is 356 g/mol. The lowest BCUT2D eigenvalue weighted by atomic mass is 10.3. The van der Waals surface area contributed by atoms with E-state index in [1.807, 2.05) is 0 Å². The quantitative estimate of drug-likeness (QED) is 0.731. The van der Waals surface area contributed by atoms with Crippen LogP contribution in [0.2, 0.25) is 0 Å². The van der Waals surface area contributed by atoms with Crippen molar-refractivity contribution in [2.45, 2.75) is 11.5 Å². The number of anilines is 1. The Kier molecular flexibility index (Phi) is 3.97. The second-order valence-corrected chi connectivity index (χ2v) is 6.36. The highest BCUT2D eigenvalue weighted by Crippen LogP contribution is 2.22. The smallest absolute Gasteiger partial charge is 0.417 e. The molecular weight excluding hydrogens is 346 g/mol. The maximum absolute atomic E-state index is 12.3. The molecule has 1 aromatic heterocycles. The molecule has 3 aromatic rings. The van der Waals surface area contributed by atoms with Crippen LogP contribution in [0.25, 0.3) is 11.1 Å². The van der Waals surface area contributed by atoms with E-state index in [1.54, 1.807) is 0 Å². The number of fused-ring (bicyclic) bond motifs is 1. The van der Waals surface area contributed by atoms with Crippen LogP contribution >= 0.6 is 0 Å². The molecule has 3 rings (SSSR count). The van der Waals surface area contributed by atoms with Gasteiger partial charge in [-0.05, 0) is 36.4 Å². The predicted octanol–water partition coefficient (Wildman–Crippen LogP) is 2.52. The summed E-state index contributed by atoms with van der Waals surface area (Å²) >= 11 is 0. The number of hydrogen-bond acceptors (Lipinski definition) is 5. The summed E-state index contributed by atoms with van der Waals surface area (Å²) in [6.07, 6.45) is 0. The van der Waals surface area contributed by atoms with Gasteiger partial charge in [-0.25, -0.2) is 13.2 Å². The van der Waals surface area contributed by atoms with Crippen molar-refractivity contribution in [3.8, 4) is 5.75 Å². The van der Waals surface area contributed by atoms with Crippen LogP contribution in [-0.4, -0.2) is 20.0 Å². The minimum atomic E-state index is -3.95. The molecule has 0 spiro atoms. The molecule has 1 heterocycles. The number of halogens is 2. The van der Waals surface area contributed by atoms with Crippen molar-refractivity contribution in [2.75, 3.05) is 4.72 Å². The van der Waals surface area contributed by atoms with Crippen molar-refractivity contribution >= 4 is 26.8 Å². The van der Waals surface area contributed by atoms with E-state index in [-0.39, 0.29) is 21.9 Å². The van der Waals surface area contributed by atoms with E-state index in [9.17, 15) is 22.0 Å². The Labute approximate surface area is 133 Å². The van der Waals surface area contributed by atoms with Gasteiger partial charge in [-0.2, -0.15) is 8.78 Å². The number of ether oxygens (including phenoxy) is 1. The number of oxazole rings is 1. The van der Waals surface area contributed by atoms with Crippen LogP contribution in [0, 0.1) is 0 Å². The third-order valence-corrected chi connectivity index (χ3v) is 4.41. The minimum Gasteiger partial charge on any atom is -0.435 e. The fourth-order valence-corrected chi connectivity index (χ4v) is 3.08. The summed E-state index contributed by atoms with van der Waals surface area (Å²) in [5.74, 6) is -0.786. The molecule has 0 saturated carbocycles. The fourth-order valence-electron chi connectivity index (χ4n) is 2.01. The third-order valence-electron chi connectivity index (χ3n) is 3.03. The predicted molar refractivity (Wildman–Crippen MR) is 80.7 cm³/mol. The first-order valence-corrected chi connectivity index (χ1v) is 8.02. The molecule has 0 fully saturated rings. The summed E-state index contributed by atoms with van der Waals surface area (Å²) in [4.78, 5) is 13.4. The third kappa shape index (κ3) is 3.38. The maximum Gasteiger partial charge on any atom is 0.417 e. The zero-order valence-electron chi connectivity index (χ0n) is 11.8. The summed E-state index contributed by atoms with van der Waals surface area (Å²) in [6, 6.07) is 8.87. The van der Waals surface area contributed by atoms with E-state index in [0.717, 1.165) is 0 Å². The van der Waals surface area contributed by atoms with E-state index in [2.05, 4.69) is 14.4 Å². The topological polar surface area (TPSA) is 101 Å². The lowest BCUT2D eigenvalue weighted by Crippen LogP contribution is -2.12. The number of alkyl halides is 2. The molecule has 10 heteroatoms. The Morgan fingerprint density at radius 2 is 1.83 bits per heavy atom. The van der Waals surface area contributed by atoms with Crippen LogP contribution in [0.5, 0.6) is 5.75 Å². The molecule has 2 N–H and O–H groups in total. The number of nitrogens with one attached hydrogen (secondary N) is 2. The molecular formula is C14H10F2N2O5S. The van der Waals surface area contributed by atoms with E-state index in [0.29, 0.717) is 5.52 Å². The molecule has 2 aromatic carbocycles. The maximum atomic E-state index is 12.3. The average Bonchev–Trinajstić information content (AvgIpc) is 2.87. The zero-order chi connectivity index (χ0) is 17.3. The lowest BCUT2D eigenvalue weighted by molar-refractivity contribution is -0.0498. The van der Waals surface area contributed by atoms with Gasteiger partial charge in [0, 0.05) is 11.8 Å². The Morgan fingerprint density at radius 1 is 1.12 bits per heavy atom. The summed E-state index contributed by atoms with van der Waals surface area (Å²) in [5.41, 5.74) is 0.628. The van der Waals surface area contributed by atoms with Crippen molar-refractivity contribution in [1.29, 1.82) is 0 Å². The minimum absolute atomic E-state index is 0.0940.